The number of rotatable bonds is 27. The number of benzene rings is 2. The number of hydrazine groups is 2. The molecule has 2 aromatic carbocycles. The second-order valence-electron chi connectivity index (χ2n) is 33.3. The van der Waals surface area contributed by atoms with Gasteiger partial charge in [-0.2, -0.15) is 0 Å². The number of allylic oxidation sites excluding steroid dienone is 7. The zero-order chi connectivity index (χ0) is 96.4. The molecule has 2 saturated heterocycles. The number of ketones is 2. The molecule has 4 aliphatic rings. The van der Waals surface area contributed by atoms with Gasteiger partial charge in [-0.1, -0.05) is 127 Å². The maximum Gasteiger partial charge on any atom is 0.340 e. The van der Waals surface area contributed by atoms with Crippen LogP contribution in [0.1, 0.15) is 186 Å². The molecule has 2 unspecified atom stereocenters. The topological polar surface area (TPSA) is 482 Å². The van der Waals surface area contributed by atoms with E-state index in [1.807, 2.05) is 27.7 Å². The highest BCUT2D eigenvalue weighted by atomic mass is 31.2. The van der Waals surface area contributed by atoms with Crippen LogP contribution < -0.4 is 32.1 Å². The average Bonchev–Trinajstić information content (AvgIpc) is 0.828. The molecule has 0 spiro atoms. The number of aliphatic hydroxyl groups is 4. The summed E-state index contributed by atoms with van der Waals surface area (Å²) in [6.07, 6.45) is 14.0. The van der Waals surface area contributed by atoms with Gasteiger partial charge in [0.1, 0.15) is 84.0 Å². The molecule has 12 N–H and O–H groups in total. The fourth-order valence-electron chi connectivity index (χ4n) is 14.7. The number of phenols is 2. The van der Waals surface area contributed by atoms with E-state index in [1.54, 1.807) is 152 Å². The number of phenolic OH excluding ortho intramolecular Hbond substituents is 2. The van der Waals surface area contributed by atoms with Crippen molar-refractivity contribution in [2.45, 2.75) is 261 Å². The molecule has 6 rings (SSSR count). The number of ether oxygens (including phenoxy) is 2. The van der Waals surface area contributed by atoms with Crippen LogP contribution in [0.15, 0.2) is 133 Å². The largest absolute Gasteiger partial charge is 0.508 e. The molecule has 34 nitrogen and oxygen atoms in total. The van der Waals surface area contributed by atoms with Crippen molar-refractivity contribution >= 4 is 84.6 Å². The molecule has 0 aliphatic carbocycles. The van der Waals surface area contributed by atoms with Crippen molar-refractivity contribution in [3.05, 3.63) is 144 Å². The molecular weight excluding hydrogens is 1680 g/mol. The molecule has 16 atom stereocenters. The first-order valence-electron chi connectivity index (χ1n) is 44.7. The summed E-state index contributed by atoms with van der Waals surface area (Å²) in [6, 6.07) is 5.84. The third-order valence-electron chi connectivity index (χ3n) is 22.6. The van der Waals surface area contributed by atoms with Crippen LogP contribution in [0.5, 0.6) is 11.5 Å². The Morgan fingerprint density at radius 3 is 1.31 bits per heavy atom. The van der Waals surface area contributed by atoms with Crippen molar-refractivity contribution in [2.24, 2.45) is 35.5 Å². The smallest absolute Gasteiger partial charge is 0.340 e. The van der Waals surface area contributed by atoms with E-state index in [9.17, 15) is 97.5 Å². The number of amides is 8. The highest BCUT2D eigenvalue weighted by Gasteiger charge is 2.43. The summed E-state index contributed by atoms with van der Waals surface area (Å²) in [5.74, 6) is -11.1. The van der Waals surface area contributed by atoms with Crippen LogP contribution in [0.2, 0.25) is 0 Å². The second-order valence-corrected chi connectivity index (χ2v) is 35.3. The van der Waals surface area contributed by atoms with E-state index in [4.69, 9.17) is 18.5 Å². The van der Waals surface area contributed by atoms with Gasteiger partial charge in [-0.25, -0.2) is 10.9 Å². The number of aromatic hydroxyl groups is 2. The standard InChI is InChI=1S/C45H65N5O10.C39H54N4O10.C10H22NO4P/c1-8-49(9-2)39(54)22-13-16-29(5)38-21-12-10-11-20-37(53)31(7)41(55)34(24-23-30(6)51)42(56)47-40(28(3)4)43(57)46-36(27-32-17-14-18-33(52)26-32)44(58)50-25-15-19-35(48-50)45(59)60-38;1-23(2)34-37(50)40-31(22-27-11-9-12-28(46)21-27)38(51)43-19-10-13-30(42-43)39(52)53-33(24(3)18-20-44)15-8-6-7-14-32(47)26(5)35(48)29(36(49)41-34)17-16-25(4)45;1-5-11(6-2)10(12)9-16(13,14-7-3)15-8-4/h10-14,16-18,20,22,26,28,31,34-38,40-41,48,52-53,55H,8-9,15,19,21,23-25,27H2,1-7H3,(H,46,57)(H,47,56);6-9,11-12,14,18,20-21,23,26,29-35,42,46-48H,10,13,15-17,19,22H2,1-5H3,(H,40,50)(H,41,49);5-9H2,1-4H3/b12-10+,20-11+,22-13+,29-16+;8-6+,14-7+,24-18+;/t31-,34+,35?,36-,37-,38-,40-,41+;26-,29+,30?,31-,32-,33-,34-,35+;/m00./s1. The van der Waals surface area contributed by atoms with Crippen LogP contribution in [0.4, 0.5) is 0 Å². The van der Waals surface area contributed by atoms with Gasteiger partial charge in [-0.05, 0) is 172 Å². The van der Waals surface area contributed by atoms with Crippen molar-refractivity contribution in [1.29, 1.82) is 0 Å². The summed E-state index contributed by atoms with van der Waals surface area (Å²) in [5.41, 5.74) is 8.14. The van der Waals surface area contributed by atoms with E-state index in [0.29, 0.717) is 80.4 Å². The number of fused-ring (bicyclic) bond motifs is 4. The minimum Gasteiger partial charge on any atom is -0.508 e. The first kappa shape index (κ1) is 111. The summed E-state index contributed by atoms with van der Waals surface area (Å²) in [4.78, 5) is 174. The Labute approximate surface area is 759 Å². The first-order chi connectivity index (χ1) is 61.1. The molecule has 0 saturated carbocycles. The Morgan fingerprint density at radius 2 is 0.953 bits per heavy atom. The third kappa shape index (κ3) is 37.3. The number of aldehydes is 1. The molecule has 8 amide bonds. The molecule has 4 aliphatic heterocycles. The van der Waals surface area contributed by atoms with E-state index in [-0.39, 0.29) is 119 Å². The summed E-state index contributed by atoms with van der Waals surface area (Å²) in [6.45, 7) is 30.4. The normalized spacial score (nSPS) is 26.7. The lowest BCUT2D eigenvalue weighted by Crippen LogP contribution is -2.62. The summed E-state index contributed by atoms with van der Waals surface area (Å²) >= 11 is 0. The van der Waals surface area contributed by atoms with E-state index in [2.05, 4.69) is 32.1 Å². The lowest BCUT2D eigenvalue weighted by molar-refractivity contribution is -0.157. The van der Waals surface area contributed by atoms with E-state index in [0.717, 1.165) is 0 Å². The Kier molecular flexibility index (Phi) is 49.2. The number of carbonyl (C=O) groups excluding carboxylic acids is 13. The van der Waals surface area contributed by atoms with Gasteiger partial charge >= 0.3 is 19.5 Å². The number of carbonyl (C=O) groups is 13. The van der Waals surface area contributed by atoms with Gasteiger partial charge in [0.25, 0.3) is 11.8 Å². The van der Waals surface area contributed by atoms with Crippen LogP contribution in [-0.4, -0.2) is 259 Å². The van der Waals surface area contributed by atoms with Crippen molar-refractivity contribution in [1.82, 2.24) is 51.9 Å². The number of esters is 2. The number of aliphatic hydroxyl groups excluding tert-OH is 4. The summed E-state index contributed by atoms with van der Waals surface area (Å²) in [5, 5.41) is 78.8. The minimum absolute atomic E-state index is 0.0247. The number of nitrogens with one attached hydrogen (secondary N) is 6. The van der Waals surface area contributed by atoms with Crippen LogP contribution >= 0.6 is 7.60 Å². The van der Waals surface area contributed by atoms with Crippen molar-refractivity contribution < 1.29 is 116 Å². The van der Waals surface area contributed by atoms with Gasteiger partial charge in [0.15, 0.2) is 0 Å². The molecule has 129 heavy (non-hydrogen) atoms. The van der Waals surface area contributed by atoms with Crippen molar-refractivity contribution in [3.63, 3.8) is 0 Å². The Morgan fingerprint density at radius 1 is 0.558 bits per heavy atom. The average molecular weight is 1830 g/mol. The molecular formula is C94H141N10O24P. The molecule has 35 heteroatoms. The predicted octanol–water partition coefficient (Wildman–Crippen LogP) is 7.29. The summed E-state index contributed by atoms with van der Waals surface area (Å²) in [7, 11) is -3.25. The molecule has 716 valence electrons. The molecule has 2 fully saturated rings. The molecule has 2 aromatic rings. The molecule has 4 bridgehead atoms. The third-order valence-corrected chi connectivity index (χ3v) is 24.6. The summed E-state index contributed by atoms with van der Waals surface area (Å²) < 4.78 is 34.1. The van der Waals surface area contributed by atoms with Crippen LogP contribution in [0, 0.1) is 35.5 Å². The Bertz CT molecular complexity index is 4300. The van der Waals surface area contributed by atoms with Gasteiger partial charge in [0, 0.05) is 95.7 Å². The number of likely N-dealkylation sites (N-methyl/N-ethyl adjacent to an activating group) is 1. The Balaban J connectivity index is 0.000000463. The van der Waals surface area contributed by atoms with E-state index >= 15 is 0 Å². The lowest BCUT2D eigenvalue weighted by Gasteiger charge is -2.36. The lowest BCUT2D eigenvalue weighted by atomic mass is 9.84. The van der Waals surface area contributed by atoms with Crippen LogP contribution in [-0.2, 0) is 98.3 Å². The molecule has 0 aromatic heterocycles. The number of cyclic esters (lactones) is 2. The van der Waals surface area contributed by atoms with Crippen molar-refractivity contribution in [3.8, 4) is 11.5 Å². The first-order valence-corrected chi connectivity index (χ1v) is 46.5. The second kappa shape index (κ2) is 57.1. The van der Waals surface area contributed by atoms with Crippen LogP contribution in [0.3, 0.4) is 0 Å². The number of hydrogen-bond acceptors (Lipinski definition) is 26. The Hall–Kier alpha value is -10.2. The highest BCUT2D eigenvalue weighted by Crippen LogP contribution is 2.48. The maximum atomic E-state index is 14.3. The number of Topliss-reactive ketones (excluding diaryl/α,β-unsaturated/α-hetero) is 2. The van der Waals surface area contributed by atoms with Gasteiger partial charge in [0.2, 0.25) is 35.4 Å². The zero-order valence-corrected chi connectivity index (χ0v) is 78.5. The fourth-order valence-corrected chi connectivity index (χ4v) is 16.3. The van der Waals surface area contributed by atoms with Crippen molar-refractivity contribution in [2.75, 3.05) is 58.6 Å². The number of hydrogen-bond donors (Lipinski definition) is 12. The molecule has 0 radical (unpaired) electrons. The zero-order valence-electron chi connectivity index (χ0n) is 77.6. The molecule has 4 heterocycles. The van der Waals surface area contributed by atoms with Gasteiger partial charge in [-0.15, -0.1) is 0 Å². The van der Waals surface area contributed by atoms with Gasteiger partial charge < -0.3 is 89.8 Å². The predicted molar refractivity (Wildman–Crippen MR) is 486 cm³/mol. The highest BCUT2D eigenvalue weighted by molar-refractivity contribution is 7.54. The quantitative estimate of drug-likeness (QED) is 0.0137. The van der Waals surface area contributed by atoms with E-state index in [1.165, 1.54) is 72.4 Å². The number of nitrogens with zero attached hydrogens (tertiary/aromatic N) is 4. The monoisotopic (exact) mass is 1820 g/mol. The SMILES string of the molecule is CC(=O)CC[C@H]1C(=O)N[C@@H](C(C)C)C(=O)N[C@@H](Cc2cccc(O)c2)C(=O)N2CCCC(N2)C(=O)O[C@H](/C(C)=C/C=O)C/C=C/C=C/[C@H](O)[C@H](C)[C@H]1O.CCN(CC)C(=O)/C=C/C=C(\C)[C@@H]1C/C=C/C=C/[C@H](O)[C@H](C)[C@@H](O)[C@@H](CCC(C)=O)C(=O)N[C@@H](C(C)C)C(=O)N[C@@H](Cc2cccc(O)c2)C(=O)N2CCCC(N2)C(=O)O1.CCOP(=O)(CC(=O)N(CC)CC)OCC. The van der Waals surface area contributed by atoms with Gasteiger partial charge in [-0.3, -0.25) is 67.3 Å². The fraction of sp³-hybridized carbons (Fsp3) is 0.585. The minimum atomic E-state index is -3.25. The van der Waals surface area contributed by atoms with Crippen LogP contribution in [0.25, 0.3) is 0 Å². The van der Waals surface area contributed by atoms with Gasteiger partial charge in [0.05, 0.1) is 49.5 Å². The van der Waals surface area contributed by atoms with E-state index < -0.39 is 163 Å². The maximum absolute atomic E-state index is 14.3.